The predicted molar refractivity (Wildman–Crippen MR) is 81.5 cm³/mol. The third-order valence-corrected chi connectivity index (χ3v) is 3.94. The molecule has 1 N–H and O–H groups in total. The molecular formula is C16H22N2O3. The van der Waals surface area contributed by atoms with Gasteiger partial charge in [0, 0.05) is 18.3 Å². The Morgan fingerprint density at radius 2 is 1.81 bits per heavy atom. The average Bonchev–Trinajstić information content (AvgIpc) is 3.00. The predicted octanol–water partition coefficient (Wildman–Crippen LogP) is 2.96. The van der Waals surface area contributed by atoms with E-state index in [1.807, 2.05) is 30.0 Å². The van der Waals surface area contributed by atoms with Gasteiger partial charge < -0.3 is 10.0 Å². The van der Waals surface area contributed by atoms with E-state index in [2.05, 4.69) is 0 Å². The van der Waals surface area contributed by atoms with Gasteiger partial charge in [0.05, 0.1) is 0 Å². The lowest BCUT2D eigenvalue weighted by Crippen LogP contribution is -2.49. The molecule has 1 aromatic carbocycles. The topological polar surface area (TPSA) is 60.9 Å². The summed E-state index contributed by atoms with van der Waals surface area (Å²) in [6.07, 6.45) is 4.29. The molecule has 2 amide bonds. The number of carbonyl (C=O) groups excluding carboxylic acids is 1. The van der Waals surface area contributed by atoms with Crippen molar-refractivity contribution in [2.24, 2.45) is 0 Å². The molecule has 0 saturated heterocycles. The van der Waals surface area contributed by atoms with Crippen molar-refractivity contribution in [2.45, 2.75) is 38.6 Å². The van der Waals surface area contributed by atoms with E-state index < -0.39 is 5.97 Å². The van der Waals surface area contributed by atoms with Crippen LogP contribution >= 0.6 is 0 Å². The van der Waals surface area contributed by atoms with E-state index >= 15 is 0 Å². The SMILES string of the molecule is CCN(C(=O)N(CC(=O)O)c1ccccc1)C1CCCC1. The Balaban J connectivity index is 2.22. The molecule has 114 valence electrons. The molecule has 1 aliphatic carbocycles. The number of para-hydroxylation sites is 1. The Morgan fingerprint density at radius 3 is 2.33 bits per heavy atom. The fourth-order valence-corrected chi connectivity index (χ4v) is 2.93. The van der Waals surface area contributed by atoms with Crippen LogP contribution in [0.25, 0.3) is 0 Å². The van der Waals surface area contributed by atoms with Crippen molar-refractivity contribution in [3.05, 3.63) is 30.3 Å². The van der Waals surface area contributed by atoms with Gasteiger partial charge in [0.15, 0.2) is 0 Å². The average molecular weight is 290 g/mol. The summed E-state index contributed by atoms with van der Waals surface area (Å²) in [4.78, 5) is 27.1. The highest BCUT2D eigenvalue weighted by molar-refractivity contribution is 5.96. The summed E-state index contributed by atoms with van der Waals surface area (Å²) in [5.41, 5.74) is 0.626. The summed E-state index contributed by atoms with van der Waals surface area (Å²) >= 11 is 0. The molecule has 2 rings (SSSR count). The van der Waals surface area contributed by atoms with Crippen molar-refractivity contribution < 1.29 is 14.7 Å². The maximum absolute atomic E-state index is 12.8. The number of carboxylic acids is 1. The molecule has 1 fully saturated rings. The number of benzene rings is 1. The Labute approximate surface area is 125 Å². The second-order valence-electron chi connectivity index (χ2n) is 5.32. The van der Waals surface area contributed by atoms with Gasteiger partial charge in [0.1, 0.15) is 6.54 Å². The highest BCUT2D eigenvalue weighted by atomic mass is 16.4. The Morgan fingerprint density at radius 1 is 1.19 bits per heavy atom. The number of anilines is 1. The number of nitrogens with zero attached hydrogens (tertiary/aromatic N) is 2. The zero-order valence-electron chi connectivity index (χ0n) is 12.4. The van der Waals surface area contributed by atoms with E-state index in [0.29, 0.717) is 12.2 Å². The minimum atomic E-state index is -1.00. The molecule has 1 aliphatic rings. The van der Waals surface area contributed by atoms with E-state index in [4.69, 9.17) is 5.11 Å². The molecule has 5 nitrogen and oxygen atoms in total. The van der Waals surface area contributed by atoms with E-state index in [0.717, 1.165) is 25.7 Å². The molecule has 21 heavy (non-hydrogen) atoms. The van der Waals surface area contributed by atoms with Crippen LogP contribution in [-0.2, 0) is 4.79 Å². The van der Waals surface area contributed by atoms with E-state index in [9.17, 15) is 9.59 Å². The summed E-state index contributed by atoms with van der Waals surface area (Å²) in [7, 11) is 0. The summed E-state index contributed by atoms with van der Waals surface area (Å²) < 4.78 is 0. The summed E-state index contributed by atoms with van der Waals surface area (Å²) in [5, 5.41) is 9.10. The first-order chi connectivity index (χ1) is 10.1. The largest absolute Gasteiger partial charge is 0.480 e. The van der Waals surface area contributed by atoms with E-state index in [-0.39, 0.29) is 18.6 Å². The highest BCUT2D eigenvalue weighted by Gasteiger charge is 2.30. The molecule has 1 aromatic rings. The fourth-order valence-electron chi connectivity index (χ4n) is 2.93. The number of amides is 2. The van der Waals surface area contributed by atoms with Gasteiger partial charge in [0.25, 0.3) is 0 Å². The van der Waals surface area contributed by atoms with Crippen molar-refractivity contribution >= 4 is 17.7 Å². The van der Waals surface area contributed by atoms with Gasteiger partial charge in [-0.15, -0.1) is 0 Å². The van der Waals surface area contributed by atoms with Crippen LogP contribution in [0.3, 0.4) is 0 Å². The quantitative estimate of drug-likeness (QED) is 0.907. The zero-order chi connectivity index (χ0) is 15.2. The van der Waals surface area contributed by atoms with Gasteiger partial charge in [-0.3, -0.25) is 9.69 Å². The molecule has 0 unspecified atom stereocenters. The number of aliphatic carboxylic acids is 1. The summed E-state index contributed by atoms with van der Waals surface area (Å²) in [6, 6.07) is 9.03. The number of carboxylic acid groups (broad SMARTS) is 1. The third kappa shape index (κ3) is 3.74. The van der Waals surface area contributed by atoms with Gasteiger partial charge in [-0.1, -0.05) is 31.0 Å². The van der Waals surface area contributed by atoms with E-state index in [1.165, 1.54) is 4.90 Å². The first-order valence-corrected chi connectivity index (χ1v) is 7.48. The highest BCUT2D eigenvalue weighted by Crippen LogP contribution is 2.25. The molecule has 0 aromatic heterocycles. The number of carbonyl (C=O) groups is 2. The smallest absolute Gasteiger partial charge is 0.325 e. The molecule has 0 spiro atoms. The number of rotatable bonds is 5. The van der Waals surface area contributed by atoms with Crippen molar-refractivity contribution in [3.63, 3.8) is 0 Å². The lowest BCUT2D eigenvalue weighted by molar-refractivity contribution is -0.135. The molecule has 0 aliphatic heterocycles. The van der Waals surface area contributed by atoms with E-state index in [1.54, 1.807) is 12.1 Å². The summed E-state index contributed by atoms with van der Waals surface area (Å²) in [6.45, 7) is 2.23. The normalized spacial score (nSPS) is 14.9. The maximum atomic E-state index is 12.8. The number of hydrogen-bond acceptors (Lipinski definition) is 2. The second-order valence-corrected chi connectivity index (χ2v) is 5.32. The maximum Gasteiger partial charge on any atom is 0.325 e. The molecular weight excluding hydrogens is 268 g/mol. The third-order valence-electron chi connectivity index (χ3n) is 3.94. The van der Waals surface area contributed by atoms with Crippen molar-refractivity contribution in [2.75, 3.05) is 18.0 Å². The van der Waals surface area contributed by atoms with Crippen LogP contribution in [0.4, 0.5) is 10.5 Å². The molecule has 0 radical (unpaired) electrons. The van der Waals surface area contributed by atoms with Crippen LogP contribution in [0.5, 0.6) is 0 Å². The Bertz CT molecular complexity index is 484. The molecule has 1 saturated carbocycles. The Kier molecular flexibility index (Phi) is 5.20. The van der Waals surface area contributed by atoms with Crippen molar-refractivity contribution in [3.8, 4) is 0 Å². The van der Waals surface area contributed by atoms with Gasteiger partial charge in [-0.05, 0) is 31.9 Å². The minimum absolute atomic E-state index is 0.210. The number of urea groups is 1. The van der Waals surface area contributed by atoms with Gasteiger partial charge in [-0.2, -0.15) is 0 Å². The first-order valence-electron chi connectivity index (χ1n) is 7.48. The monoisotopic (exact) mass is 290 g/mol. The summed E-state index contributed by atoms with van der Waals surface area (Å²) in [5.74, 6) is -1.00. The minimum Gasteiger partial charge on any atom is -0.480 e. The van der Waals surface area contributed by atoms with Gasteiger partial charge in [-0.25, -0.2) is 4.79 Å². The lowest BCUT2D eigenvalue weighted by atomic mass is 10.2. The van der Waals surface area contributed by atoms with Crippen LogP contribution in [0.15, 0.2) is 30.3 Å². The van der Waals surface area contributed by atoms with Crippen LogP contribution in [-0.4, -0.2) is 41.1 Å². The van der Waals surface area contributed by atoms with Crippen LogP contribution < -0.4 is 4.90 Å². The Hall–Kier alpha value is -2.04. The van der Waals surface area contributed by atoms with Crippen LogP contribution in [0.2, 0.25) is 0 Å². The number of hydrogen-bond donors (Lipinski definition) is 1. The van der Waals surface area contributed by atoms with Gasteiger partial charge in [0.2, 0.25) is 0 Å². The van der Waals surface area contributed by atoms with Crippen LogP contribution in [0, 0.1) is 0 Å². The zero-order valence-corrected chi connectivity index (χ0v) is 12.4. The van der Waals surface area contributed by atoms with Gasteiger partial charge >= 0.3 is 12.0 Å². The molecule has 0 atom stereocenters. The first kappa shape index (κ1) is 15.4. The molecule has 0 heterocycles. The van der Waals surface area contributed by atoms with Crippen molar-refractivity contribution in [1.29, 1.82) is 0 Å². The second kappa shape index (κ2) is 7.11. The molecule has 0 bridgehead atoms. The fraction of sp³-hybridized carbons (Fsp3) is 0.500. The standard InChI is InChI=1S/C16H22N2O3/c1-2-17(13-10-6-7-11-13)16(21)18(12-15(19)20)14-8-4-3-5-9-14/h3-5,8-9,13H,2,6-7,10-12H2,1H3,(H,19,20). The lowest BCUT2D eigenvalue weighted by Gasteiger charge is -2.33. The van der Waals surface area contributed by atoms with Crippen molar-refractivity contribution in [1.82, 2.24) is 4.90 Å². The molecule has 5 heteroatoms. The van der Waals surface area contributed by atoms with Crippen LogP contribution in [0.1, 0.15) is 32.6 Å².